The fraction of sp³-hybridized carbons (Fsp3) is 0.727. The van der Waals surface area contributed by atoms with Crippen molar-refractivity contribution in [2.45, 2.75) is 39.3 Å². The van der Waals surface area contributed by atoms with Crippen molar-refractivity contribution in [2.75, 3.05) is 11.5 Å². The zero-order chi connectivity index (χ0) is 10.7. The van der Waals surface area contributed by atoms with Crippen LogP contribution in [0.5, 0.6) is 0 Å². The van der Waals surface area contributed by atoms with Gasteiger partial charge in [0.1, 0.15) is 0 Å². The van der Waals surface area contributed by atoms with Crippen LogP contribution in [0.25, 0.3) is 0 Å². The normalized spacial score (nSPS) is 21.9. The highest BCUT2D eigenvalue weighted by atomic mass is 32.2. The molecule has 2 rings (SSSR count). The van der Waals surface area contributed by atoms with Gasteiger partial charge in [0, 0.05) is 23.2 Å². The quantitative estimate of drug-likeness (QED) is 0.882. The Balaban J connectivity index is 1.84. The van der Waals surface area contributed by atoms with Gasteiger partial charge < -0.3 is 5.32 Å². The summed E-state index contributed by atoms with van der Waals surface area (Å²) in [6.07, 6.45) is 2.69. The van der Waals surface area contributed by atoms with Crippen LogP contribution in [-0.4, -0.2) is 22.5 Å². The monoisotopic (exact) mass is 242 g/mol. The highest BCUT2D eigenvalue weighted by molar-refractivity contribution is 7.99. The Labute approximate surface area is 99.9 Å². The Bertz CT molecular complexity index is 316. The molecular weight excluding hydrogens is 224 g/mol. The Hall–Kier alpha value is -0.0600. The number of hydrogen-bond acceptors (Lipinski definition) is 4. The SMILES string of the molecule is Cc1nc(CNC2CCCSC2)c(C)s1. The van der Waals surface area contributed by atoms with E-state index in [0.29, 0.717) is 6.04 Å². The lowest BCUT2D eigenvalue weighted by molar-refractivity contribution is 0.503. The minimum atomic E-state index is 0.699. The molecule has 0 spiro atoms. The first-order valence-corrected chi connectivity index (χ1v) is 7.47. The number of nitrogens with zero attached hydrogens (tertiary/aromatic N) is 1. The van der Waals surface area contributed by atoms with E-state index in [1.165, 1.54) is 39.9 Å². The molecule has 15 heavy (non-hydrogen) atoms. The van der Waals surface area contributed by atoms with Gasteiger partial charge in [0.25, 0.3) is 0 Å². The topological polar surface area (TPSA) is 24.9 Å². The van der Waals surface area contributed by atoms with Gasteiger partial charge in [-0.15, -0.1) is 11.3 Å². The molecule has 1 aromatic rings. The highest BCUT2D eigenvalue weighted by Crippen LogP contribution is 2.19. The van der Waals surface area contributed by atoms with Gasteiger partial charge in [-0.2, -0.15) is 11.8 Å². The first-order chi connectivity index (χ1) is 7.25. The Morgan fingerprint density at radius 2 is 2.33 bits per heavy atom. The Kier molecular flexibility index (Phi) is 4.05. The Morgan fingerprint density at radius 3 is 2.93 bits per heavy atom. The lowest BCUT2D eigenvalue weighted by Crippen LogP contribution is -2.33. The van der Waals surface area contributed by atoms with E-state index in [2.05, 4.69) is 35.9 Å². The summed E-state index contributed by atoms with van der Waals surface area (Å²) >= 11 is 3.87. The molecule has 0 bridgehead atoms. The van der Waals surface area contributed by atoms with Crippen molar-refractivity contribution >= 4 is 23.1 Å². The largest absolute Gasteiger partial charge is 0.308 e. The fourth-order valence-corrected chi connectivity index (χ4v) is 3.82. The van der Waals surface area contributed by atoms with Crippen LogP contribution in [0.1, 0.15) is 28.4 Å². The maximum atomic E-state index is 4.54. The molecule has 1 unspecified atom stereocenters. The molecule has 4 heteroatoms. The zero-order valence-electron chi connectivity index (χ0n) is 9.38. The summed E-state index contributed by atoms with van der Waals surface area (Å²) < 4.78 is 0. The van der Waals surface area contributed by atoms with Crippen LogP contribution in [0.15, 0.2) is 0 Å². The molecule has 1 aliphatic heterocycles. The molecule has 1 aliphatic rings. The van der Waals surface area contributed by atoms with Gasteiger partial charge in [0.2, 0.25) is 0 Å². The predicted octanol–water partition coefficient (Wildman–Crippen LogP) is 2.75. The summed E-state index contributed by atoms with van der Waals surface area (Å²) in [6.45, 7) is 5.19. The third-order valence-corrected chi connectivity index (χ3v) is 4.86. The van der Waals surface area contributed by atoms with Gasteiger partial charge in [-0.25, -0.2) is 4.98 Å². The maximum Gasteiger partial charge on any atom is 0.0900 e. The highest BCUT2D eigenvalue weighted by Gasteiger charge is 2.14. The average Bonchev–Trinajstić information content (AvgIpc) is 2.56. The van der Waals surface area contributed by atoms with Crippen molar-refractivity contribution in [1.82, 2.24) is 10.3 Å². The van der Waals surface area contributed by atoms with Crippen LogP contribution in [0.3, 0.4) is 0 Å². The number of hydrogen-bond donors (Lipinski definition) is 1. The number of nitrogens with one attached hydrogen (secondary N) is 1. The van der Waals surface area contributed by atoms with Crippen molar-refractivity contribution in [3.63, 3.8) is 0 Å². The lowest BCUT2D eigenvalue weighted by atomic mass is 10.2. The fourth-order valence-electron chi connectivity index (χ4n) is 1.88. The molecule has 2 nitrogen and oxygen atoms in total. The van der Waals surface area contributed by atoms with Crippen LogP contribution in [-0.2, 0) is 6.54 Å². The molecule has 1 aromatic heterocycles. The number of aryl methyl sites for hydroxylation is 2. The number of thiazole rings is 1. The molecule has 0 aromatic carbocycles. The maximum absolute atomic E-state index is 4.54. The molecule has 0 radical (unpaired) electrons. The predicted molar refractivity (Wildman–Crippen MR) is 68.8 cm³/mol. The average molecular weight is 242 g/mol. The third-order valence-electron chi connectivity index (χ3n) is 2.72. The van der Waals surface area contributed by atoms with Crippen molar-refractivity contribution in [3.8, 4) is 0 Å². The number of rotatable bonds is 3. The summed E-state index contributed by atoms with van der Waals surface area (Å²) in [5, 5.41) is 4.80. The molecule has 1 N–H and O–H groups in total. The minimum Gasteiger partial charge on any atom is -0.308 e. The molecule has 1 fully saturated rings. The van der Waals surface area contributed by atoms with Crippen LogP contribution in [0.2, 0.25) is 0 Å². The first-order valence-electron chi connectivity index (χ1n) is 5.50. The van der Waals surface area contributed by atoms with Crippen molar-refractivity contribution in [2.24, 2.45) is 0 Å². The van der Waals surface area contributed by atoms with Gasteiger partial charge in [-0.05, 0) is 32.4 Å². The molecule has 84 valence electrons. The van der Waals surface area contributed by atoms with E-state index in [0.717, 1.165) is 6.54 Å². The molecule has 0 aliphatic carbocycles. The summed E-state index contributed by atoms with van der Waals surface area (Å²) in [5.74, 6) is 2.61. The van der Waals surface area contributed by atoms with E-state index in [1.54, 1.807) is 11.3 Å². The smallest absolute Gasteiger partial charge is 0.0900 e. The summed E-state index contributed by atoms with van der Waals surface area (Å²) in [6, 6.07) is 0.699. The van der Waals surface area contributed by atoms with E-state index in [-0.39, 0.29) is 0 Å². The van der Waals surface area contributed by atoms with Crippen molar-refractivity contribution < 1.29 is 0 Å². The van der Waals surface area contributed by atoms with E-state index in [9.17, 15) is 0 Å². The Morgan fingerprint density at radius 1 is 1.47 bits per heavy atom. The number of aromatic nitrogens is 1. The van der Waals surface area contributed by atoms with Gasteiger partial charge in [0.05, 0.1) is 10.7 Å². The van der Waals surface area contributed by atoms with Crippen LogP contribution in [0, 0.1) is 13.8 Å². The van der Waals surface area contributed by atoms with Crippen molar-refractivity contribution in [3.05, 3.63) is 15.6 Å². The van der Waals surface area contributed by atoms with Gasteiger partial charge >= 0.3 is 0 Å². The summed E-state index contributed by atoms with van der Waals surface area (Å²) in [4.78, 5) is 5.91. The standard InChI is InChI=1S/C11H18N2S2/c1-8-11(13-9(2)15-8)6-12-10-4-3-5-14-7-10/h10,12H,3-7H2,1-2H3. The first kappa shape index (κ1) is 11.4. The second kappa shape index (κ2) is 5.32. The van der Waals surface area contributed by atoms with E-state index < -0.39 is 0 Å². The number of thioether (sulfide) groups is 1. The third kappa shape index (κ3) is 3.20. The summed E-state index contributed by atoms with van der Waals surface area (Å²) in [5.41, 5.74) is 1.24. The van der Waals surface area contributed by atoms with Crippen LogP contribution in [0.4, 0.5) is 0 Å². The van der Waals surface area contributed by atoms with Crippen LogP contribution >= 0.6 is 23.1 Å². The molecule has 0 amide bonds. The molecule has 2 heterocycles. The lowest BCUT2D eigenvalue weighted by Gasteiger charge is -2.22. The molecular formula is C11H18N2S2. The van der Waals surface area contributed by atoms with E-state index in [4.69, 9.17) is 0 Å². The second-order valence-electron chi connectivity index (χ2n) is 4.03. The van der Waals surface area contributed by atoms with Gasteiger partial charge in [-0.1, -0.05) is 0 Å². The molecule has 1 saturated heterocycles. The molecule has 0 saturated carbocycles. The molecule has 1 atom stereocenters. The van der Waals surface area contributed by atoms with Crippen molar-refractivity contribution in [1.29, 1.82) is 0 Å². The van der Waals surface area contributed by atoms with E-state index in [1.807, 2.05) is 0 Å². The zero-order valence-corrected chi connectivity index (χ0v) is 11.0. The second-order valence-corrected chi connectivity index (χ2v) is 6.59. The van der Waals surface area contributed by atoms with Gasteiger partial charge in [0.15, 0.2) is 0 Å². The minimum absolute atomic E-state index is 0.699. The van der Waals surface area contributed by atoms with Crippen LogP contribution < -0.4 is 5.32 Å². The van der Waals surface area contributed by atoms with Gasteiger partial charge in [-0.3, -0.25) is 0 Å². The van der Waals surface area contributed by atoms with E-state index >= 15 is 0 Å². The summed E-state index contributed by atoms with van der Waals surface area (Å²) in [7, 11) is 0.